The number of nitrogens with two attached hydrogens (primary N) is 1. The van der Waals surface area contributed by atoms with Gasteiger partial charge in [0.05, 0.1) is 13.2 Å². The lowest BCUT2D eigenvalue weighted by molar-refractivity contribution is 0.0227. The molecule has 0 fully saturated rings. The molecule has 5 heteroatoms. The van der Waals surface area contributed by atoms with E-state index in [0.29, 0.717) is 11.3 Å². The van der Waals surface area contributed by atoms with E-state index >= 15 is 0 Å². The lowest BCUT2D eigenvalue weighted by atomic mass is 10.1. The maximum atomic E-state index is 9.65. The first kappa shape index (κ1) is 10.9. The Morgan fingerprint density at radius 3 is 2.86 bits per heavy atom. The number of aliphatic hydroxyl groups excluding tert-OH is 2. The molecule has 14 heavy (non-hydrogen) atoms. The Morgan fingerprint density at radius 1 is 1.57 bits per heavy atom. The summed E-state index contributed by atoms with van der Waals surface area (Å²) in [5.41, 5.74) is 5.67. The highest BCUT2D eigenvalue weighted by Crippen LogP contribution is 2.25. The number of hydrogen-bond donors (Lipinski definition) is 3. The van der Waals surface area contributed by atoms with Gasteiger partial charge in [0.2, 0.25) is 0 Å². The minimum Gasteiger partial charge on any atom is -0.496 e. The Kier molecular flexibility index (Phi) is 3.82. The summed E-state index contributed by atoms with van der Waals surface area (Å²) in [4.78, 5) is 3.84. The number of pyridine rings is 1. The summed E-state index contributed by atoms with van der Waals surface area (Å²) in [6, 6.07) is 1.61. The molecule has 0 spiro atoms. The van der Waals surface area contributed by atoms with Gasteiger partial charge in [0.15, 0.2) is 0 Å². The first-order valence-corrected chi connectivity index (χ1v) is 4.24. The van der Waals surface area contributed by atoms with Gasteiger partial charge >= 0.3 is 0 Å². The second-order valence-electron chi connectivity index (χ2n) is 2.87. The van der Waals surface area contributed by atoms with E-state index < -0.39 is 12.2 Å². The predicted molar refractivity (Wildman–Crippen MR) is 50.8 cm³/mol. The van der Waals surface area contributed by atoms with E-state index in [-0.39, 0.29) is 6.54 Å². The monoisotopic (exact) mass is 198 g/mol. The van der Waals surface area contributed by atoms with Crippen LogP contribution in [-0.4, -0.2) is 35.0 Å². The zero-order valence-corrected chi connectivity index (χ0v) is 7.92. The van der Waals surface area contributed by atoms with Crippen molar-refractivity contribution in [2.24, 2.45) is 5.73 Å². The van der Waals surface area contributed by atoms with Crippen molar-refractivity contribution in [2.45, 2.75) is 12.2 Å². The number of rotatable bonds is 4. The van der Waals surface area contributed by atoms with E-state index in [1.54, 1.807) is 12.3 Å². The topological polar surface area (TPSA) is 88.6 Å². The van der Waals surface area contributed by atoms with Gasteiger partial charge in [-0.2, -0.15) is 0 Å². The van der Waals surface area contributed by atoms with Crippen molar-refractivity contribution in [1.82, 2.24) is 4.98 Å². The van der Waals surface area contributed by atoms with E-state index in [1.807, 2.05) is 0 Å². The van der Waals surface area contributed by atoms with Crippen LogP contribution in [0.4, 0.5) is 0 Å². The number of hydrogen-bond acceptors (Lipinski definition) is 5. The summed E-state index contributed by atoms with van der Waals surface area (Å²) in [5, 5.41) is 19.0. The van der Waals surface area contributed by atoms with Crippen molar-refractivity contribution in [2.75, 3.05) is 13.7 Å². The Hall–Kier alpha value is -1.17. The number of ether oxygens (including phenoxy) is 1. The molecule has 1 aromatic rings. The Labute approximate surface area is 82.2 Å². The minimum atomic E-state index is -1.07. The smallest absolute Gasteiger partial charge is 0.127 e. The van der Waals surface area contributed by atoms with Crippen LogP contribution < -0.4 is 10.5 Å². The second-order valence-corrected chi connectivity index (χ2v) is 2.87. The maximum Gasteiger partial charge on any atom is 0.127 e. The Bertz CT molecular complexity index is 293. The molecule has 1 aromatic heterocycles. The van der Waals surface area contributed by atoms with E-state index in [4.69, 9.17) is 10.5 Å². The average Bonchev–Trinajstić information content (AvgIpc) is 2.26. The molecule has 4 N–H and O–H groups in total. The number of aliphatic hydroxyl groups is 2. The summed E-state index contributed by atoms with van der Waals surface area (Å²) in [7, 11) is 1.49. The average molecular weight is 198 g/mol. The molecule has 0 bridgehead atoms. The summed E-state index contributed by atoms with van der Waals surface area (Å²) >= 11 is 0. The Morgan fingerprint density at radius 2 is 2.29 bits per heavy atom. The molecule has 0 radical (unpaired) electrons. The van der Waals surface area contributed by atoms with Crippen LogP contribution in [-0.2, 0) is 0 Å². The predicted octanol–water partition coefficient (Wildman–Crippen LogP) is -0.557. The van der Waals surface area contributed by atoms with Gasteiger partial charge in [0.25, 0.3) is 0 Å². The summed E-state index contributed by atoms with van der Waals surface area (Å²) in [6.07, 6.45) is 0.920. The molecule has 0 saturated carbocycles. The molecule has 5 nitrogen and oxygen atoms in total. The molecule has 78 valence electrons. The zero-order chi connectivity index (χ0) is 10.6. The van der Waals surface area contributed by atoms with Gasteiger partial charge in [-0.05, 0) is 6.07 Å². The van der Waals surface area contributed by atoms with E-state index in [2.05, 4.69) is 4.98 Å². The molecule has 0 aliphatic rings. The minimum absolute atomic E-state index is 0.0147. The summed E-state index contributed by atoms with van der Waals surface area (Å²) in [6.45, 7) is -0.0147. The maximum absolute atomic E-state index is 9.65. The van der Waals surface area contributed by atoms with Gasteiger partial charge in [0, 0.05) is 24.5 Å². The third-order valence-corrected chi connectivity index (χ3v) is 1.95. The van der Waals surface area contributed by atoms with Crippen molar-refractivity contribution in [1.29, 1.82) is 0 Å². The van der Waals surface area contributed by atoms with Crippen LogP contribution in [0.2, 0.25) is 0 Å². The SMILES string of the molecule is COc1ccncc1C(O)C(O)CN. The molecule has 1 rings (SSSR count). The van der Waals surface area contributed by atoms with Crippen molar-refractivity contribution >= 4 is 0 Å². The third kappa shape index (κ3) is 2.20. The molecular formula is C9H14N2O3. The summed E-state index contributed by atoms with van der Waals surface area (Å²) < 4.78 is 5.01. The van der Waals surface area contributed by atoms with Gasteiger partial charge < -0.3 is 20.7 Å². The van der Waals surface area contributed by atoms with E-state index in [9.17, 15) is 10.2 Å². The molecular weight excluding hydrogens is 184 g/mol. The highest BCUT2D eigenvalue weighted by Gasteiger charge is 2.20. The standard InChI is InChI=1S/C9H14N2O3/c1-14-8-2-3-11-5-6(8)9(13)7(12)4-10/h2-3,5,7,9,12-13H,4,10H2,1H3. The highest BCUT2D eigenvalue weighted by molar-refractivity contribution is 5.32. The number of aromatic nitrogens is 1. The highest BCUT2D eigenvalue weighted by atomic mass is 16.5. The fraction of sp³-hybridized carbons (Fsp3) is 0.444. The summed E-state index contributed by atoms with van der Waals surface area (Å²) in [5.74, 6) is 0.486. The van der Waals surface area contributed by atoms with Crippen molar-refractivity contribution in [3.05, 3.63) is 24.0 Å². The lowest BCUT2D eigenvalue weighted by Crippen LogP contribution is -2.27. The fourth-order valence-electron chi connectivity index (χ4n) is 1.14. The van der Waals surface area contributed by atoms with Crippen LogP contribution in [0, 0.1) is 0 Å². The van der Waals surface area contributed by atoms with Gasteiger partial charge in [-0.25, -0.2) is 0 Å². The van der Waals surface area contributed by atoms with Gasteiger partial charge in [-0.1, -0.05) is 0 Å². The first-order chi connectivity index (χ1) is 6.70. The Balaban J connectivity index is 2.93. The van der Waals surface area contributed by atoms with Gasteiger partial charge in [-0.3, -0.25) is 4.98 Å². The van der Waals surface area contributed by atoms with Crippen LogP contribution in [0.5, 0.6) is 5.75 Å². The first-order valence-electron chi connectivity index (χ1n) is 4.24. The van der Waals surface area contributed by atoms with Gasteiger partial charge in [0.1, 0.15) is 11.9 Å². The third-order valence-electron chi connectivity index (χ3n) is 1.95. The van der Waals surface area contributed by atoms with Crippen molar-refractivity contribution in [3.8, 4) is 5.75 Å². The van der Waals surface area contributed by atoms with Crippen LogP contribution >= 0.6 is 0 Å². The molecule has 0 saturated heterocycles. The van der Waals surface area contributed by atoms with Crippen LogP contribution in [0.15, 0.2) is 18.5 Å². The van der Waals surface area contributed by atoms with Gasteiger partial charge in [-0.15, -0.1) is 0 Å². The van der Waals surface area contributed by atoms with Crippen LogP contribution in [0.25, 0.3) is 0 Å². The molecule has 1 heterocycles. The van der Waals surface area contributed by atoms with Crippen LogP contribution in [0.3, 0.4) is 0 Å². The van der Waals surface area contributed by atoms with Crippen molar-refractivity contribution < 1.29 is 14.9 Å². The fourth-order valence-corrected chi connectivity index (χ4v) is 1.14. The molecule has 0 aliphatic carbocycles. The van der Waals surface area contributed by atoms with E-state index in [0.717, 1.165) is 0 Å². The van der Waals surface area contributed by atoms with Crippen LogP contribution in [0.1, 0.15) is 11.7 Å². The largest absolute Gasteiger partial charge is 0.496 e. The quantitative estimate of drug-likeness (QED) is 0.603. The van der Waals surface area contributed by atoms with Crippen molar-refractivity contribution in [3.63, 3.8) is 0 Å². The molecule has 0 amide bonds. The second kappa shape index (κ2) is 4.90. The zero-order valence-electron chi connectivity index (χ0n) is 7.92. The molecule has 2 atom stereocenters. The number of methoxy groups -OCH3 is 1. The lowest BCUT2D eigenvalue weighted by Gasteiger charge is -2.18. The number of nitrogens with zero attached hydrogens (tertiary/aromatic N) is 1. The van der Waals surface area contributed by atoms with E-state index in [1.165, 1.54) is 13.3 Å². The molecule has 0 aliphatic heterocycles. The molecule has 0 aromatic carbocycles. The normalized spacial score (nSPS) is 14.9. The molecule has 2 unspecified atom stereocenters.